The van der Waals surface area contributed by atoms with Gasteiger partial charge in [-0.2, -0.15) is 0 Å². The summed E-state index contributed by atoms with van der Waals surface area (Å²) in [5.74, 6) is 1.74. The molecule has 1 amide bonds. The summed E-state index contributed by atoms with van der Waals surface area (Å²) in [5.41, 5.74) is 3.17. The second kappa shape index (κ2) is 7.80. The molecule has 0 unspecified atom stereocenters. The Morgan fingerprint density at radius 2 is 2.11 bits per heavy atom. The molecule has 2 bridgehead atoms. The van der Waals surface area contributed by atoms with Crippen molar-refractivity contribution in [2.75, 3.05) is 19.6 Å². The van der Waals surface area contributed by atoms with Crippen LogP contribution >= 0.6 is 0 Å². The van der Waals surface area contributed by atoms with Crippen molar-refractivity contribution >= 4 is 5.91 Å². The van der Waals surface area contributed by atoms with Crippen LogP contribution in [0.15, 0.2) is 28.9 Å². The van der Waals surface area contributed by atoms with Crippen molar-refractivity contribution in [3.8, 4) is 0 Å². The van der Waals surface area contributed by atoms with Crippen LogP contribution in [0.1, 0.15) is 42.0 Å². The molecule has 0 radical (unpaired) electrons. The summed E-state index contributed by atoms with van der Waals surface area (Å²) >= 11 is 0. The fourth-order valence-electron chi connectivity index (χ4n) is 4.49. The van der Waals surface area contributed by atoms with Crippen molar-refractivity contribution in [1.29, 1.82) is 0 Å². The van der Waals surface area contributed by atoms with Crippen LogP contribution in [-0.2, 0) is 17.8 Å². The van der Waals surface area contributed by atoms with Gasteiger partial charge in [0, 0.05) is 56.1 Å². The summed E-state index contributed by atoms with van der Waals surface area (Å²) in [7, 11) is 0. The zero-order chi connectivity index (χ0) is 18.8. The quantitative estimate of drug-likeness (QED) is 0.812. The maximum atomic E-state index is 12.9. The molecule has 2 atom stereocenters. The molecule has 3 saturated heterocycles. The molecule has 0 aromatic carbocycles. The van der Waals surface area contributed by atoms with Gasteiger partial charge in [0.15, 0.2) is 0 Å². The number of aromatic nitrogens is 2. The molecular weight excluding hydrogens is 340 g/mol. The average Bonchev–Trinajstić information content (AvgIpc) is 2.86. The molecule has 3 fully saturated rings. The van der Waals surface area contributed by atoms with E-state index >= 15 is 0 Å². The Morgan fingerprint density at radius 3 is 2.85 bits per heavy atom. The first kappa shape index (κ1) is 18.2. The number of aryl methyl sites for hydroxylation is 3. The first-order valence-electron chi connectivity index (χ1n) is 9.93. The van der Waals surface area contributed by atoms with Gasteiger partial charge in [-0.25, -0.2) is 0 Å². The number of carbonyl (C=O) groups is 1. The maximum absolute atomic E-state index is 12.9. The van der Waals surface area contributed by atoms with E-state index in [9.17, 15) is 4.79 Å². The van der Waals surface area contributed by atoms with Crippen LogP contribution in [0.2, 0.25) is 0 Å². The molecule has 3 aliphatic rings. The number of pyridine rings is 1. The number of nitrogens with zero attached hydrogens (tertiary/aromatic N) is 4. The van der Waals surface area contributed by atoms with Crippen LogP contribution in [0, 0.1) is 19.8 Å². The van der Waals surface area contributed by atoms with Crippen molar-refractivity contribution in [3.05, 3.63) is 47.1 Å². The summed E-state index contributed by atoms with van der Waals surface area (Å²) < 4.78 is 5.32. The Hall–Kier alpha value is -2.21. The van der Waals surface area contributed by atoms with Gasteiger partial charge in [0.25, 0.3) is 0 Å². The number of hydrogen-bond donors (Lipinski definition) is 0. The number of carbonyl (C=O) groups excluding carboxylic acids is 1. The SMILES string of the molecule is Cc1noc(C)c1CN1C[C@H]2CC[C@@H](C1)N(C(=O)CCc1ccccn1)C2. The van der Waals surface area contributed by atoms with E-state index in [1.54, 1.807) is 6.20 Å². The number of rotatable bonds is 5. The molecule has 3 aliphatic heterocycles. The molecule has 27 heavy (non-hydrogen) atoms. The lowest BCUT2D eigenvalue weighted by atomic mass is 9.94. The molecule has 5 heterocycles. The van der Waals surface area contributed by atoms with Gasteiger partial charge in [0.2, 0.25) is 5.91 Å². The van der Waals surface area contributed by atoms with E-state index in [4.69, 9.17) is 4.52 Å². The van der Waals surface area contributed by atoms with Crippen LogP contribution in [0.3, 0.4) is 0 Å². The molecule has 6 nitrogen and oxygen atoms in total. The van der Waals surface area contributed by atoms with Gasteiger partial charge in [0.1, 0.15) is 5.76 Å². The molecule has 0 aliphatic carbocycles. The molecule has 0 N–H and O–H groups in total. The first-order chi connectivity index (χ1) is 13.1. The Morgan fingerprint density at radius 1 is 1.22 bits per heavy atom. The zero-order valence-electron chi connectivity index (χ0n) is 16.2. The third-order valence-electron chi connectivity index (χ3n) is 5.99. The van der Waals surface area contributed by atoms with Gasteiger partial charge in [0.05, 0.1) is 5.69 Å². The molecule has 2 aromatic rings. The van der Waals surface area contributed by atoms with E-state index in [1.807, 2.05) is 32.0 Å². The van der Waals surface area contributed by atoms with Crippen LogP contribution in [0.25, 0.3) is 0 Å². The predicted molar refractivity (Wildman–Crippen MR) is 102 cm³/mol. The lowest BCUT2D eigenvalue weighted by Gasteiger charge is -2.36. The summed E-state index contributed by atoms with van der Waals surface area (Å²) in [5, 5.41) is 4.08. The minimum Gasteiger partial charge on any atom is -0.361 e. The summed E-state index contributed by atoms with van der Waals surface area (Å²) in [4.78, 5) is 21.9. The smallest absolute Gasteiger partial charge is 0.223 e. The Labute approximate surface area is 160 Å². The lowest BCUT2D eigenvalue weighted by molar-refractivity contribution is -0.135. The maximum Gasteiger partial charge on any atom is 0.223 e. The Bertz CT molecular complexity index is 769. The summed E-state index contributed by atoms with van der Waals surface area (Å²) in [6, 6.07) is 6.20. The topological polar surface area (TPSA) is 62.5 Å². The highest BCUT2D eigenvalue weighted by molar-refractivity contribution is 5.77. The fraction of sp³-hybridized carbons (Fsp3) is 0.571. The zero-order valence-corrected chi connectivity index (χ0v) is 16.2. The van der Waals surface area contributed by atoms with Crippen LogP contribution in [-0.4, -0.2) is 51.5 Å². The number of hydrogen-bond acceptors (Lipinski definition) is 5. The second-order valence-corrected chi connectivity index (χ2v) is 7.96. The van der Waals surface area contributed by atoms with Gasteiger partial charge in [-0.3, -0.25) is 14.7 Å². The standard InChI is InChI=1S/C21H28N4O2/c1-15-20(16(2)27-23-15)14-24-11-17-6-8-19(13-24)25(12-17)21(26)9-7-18-5-3-4-10-22-18/h3-5,10,17,19H,6-9,11-14H2,1-2H3/t17-,19+/m1/s1. The molecule has 0 saturated carbocycles. The minimum atomic E-state index is 0.273. The largest absolute Gasteiger partial charge is 0.361 e. The number of piperidine rings is 1. The highest BCUT2D eigenvalue weighted by Gasteiger charge is 2.37. The normalized spacial score (nSPS) is 22.8. The average molecular weight is 368 g/mol. The second-order valence-electron chi connectivity index (χ2n) is 7.96. The number of fused-ring (bicyclic) bond motifs is 4. The summed E-state index contributed by atoms with van der Waals surface area (Å²) in [6.07, 6.45) is 5.38. The Balaban J connectivity index is 1.39. The molecule has 2 aromatic heterocycles. The fourth-order valence-corrected chi connectivity index (χ4v) is 4.49. The highest BCUT2D eigenvalue weighted by atomic mass is 16.5. The number of amides is 1. The third-order valence-corrected chi connectivity index (χ3v) is 5.99. The molecule has 144 valence electrons. The van der Waals surface area contributed by atoms with Gasteiger partial charge in [-0.05, 0) is 51.2 Å². The van der Waals surface area contributed by atoms with E-state index in [1.165, 1.54) is 12.0 Å². The van der Waals surface area contributed by atoms with Crippen molar-refractivity contribution in [3.63, 3.8) is 0 Å². The van der Waals surface area contributed by atoms with E-state index < -0.39 is 0 Å². The van der Waals surface area contributed by atoms with Crippen LogP contribution in [0.4, 0.5) is 0 Å². The van der Waals surface area contributed by atoms with E-state index in [-0.39, 0.29) is 5.91 Å². The Kier molecular flexibility index (Phi) is 5.25. The van der Waals surface area contributed by atoms with Crippen LogP contribution in [0.5, 0.6) is 0 Å². The molecule has 6 heteroatoms. The van der Waals surface area contributed by atoms with Crippen molar-refractivity contribution in [2.24, 2.45) is 5.92 Å². The van der Waals surface area contributed by atoms with E-state index in [0.717, 1.165) is 56.2 Å². The lowest BCUT2D eigenvalue weighted by Crippen LogP contribution is -2.47. The molecular formula is C21H28N4O2. The monoisotopic (exact) mass is 368 g/mol. The first-order valence-corrected chi connectivity index (χ1v) is 9.93. The van der Waals surface area contributed by atoms with Crippen LogP contribution < -0.4 is 0 Å². The van der Waals surface area contributed by atoms with Gasteiger partial charge in [-0.1, -0.05) is 11.2 Å². The third kappa shape index (κ3) is 4.05. The summed E-state index contributed by atoms with van der Waals surface area (Å²) in [6.45, 7) is 7.73. The van der Waals surface area contributed by atoms with Gasteiger partial charge < -0.3 is 9.42 Å². The van der Waals surface area contributed by atoms with Crippen molar-refractivity contribution in [2.45, 2.75) is 52.1 Å². The van der Waals surface area contributed by atoms with Crippen molar-refractivity contribution < 1.29 is 9.32 Å². The van der Waals surface area contributed by atoms with Crippen molar-refractivity contribution in [1.82, 2.24) is 19.9 Å². The minimum absolute atomic E-state index is 0.273. The molecule has 5 rings (SSSR count). The predicted octanol–water partition coefficient (Wildman–Crippen LogP) is 2.74. The van der Waals surface area contributed by atoms with E-state index in [0.29, 0.717) is 18.4 Å². The van der Waals surface area contributed by atoms with Gasteiger partial charge in [-0.15, -0.1) is 0 Å². The van der Waals surface area contributed by atoms with Gasteiger partial charge >= 0.3 is 0 Å². The molecule has 0 spiro atoms. The van der Waals surface area contributed by atoms with E-state index in [2.05, 4.69) is 19.9 Å². The highest BCUT2D eigenvalue weighted by Crippen LogP contribution is 2.30.